The second-order valence-electron chi connectivity index (χ2n) is 3.97. The van der Waals surface area contributed by atoms with E-state index in [9.17, 15) is 0 Å². The first kappa shape index (κ1) is 11.4. The molecule has 0 aromatic carbocycles. The molecule has 0 bridgehead atoms. The van der Waals surface area contributed by atoms with Gasteiger partial charge in [-0.2, -0.15) is 0 Å². The molecule has 0 aliphatic carbocycles. The van der Waals surface area contributed by atoms with Crippen LogP contribution in [0.4, 0.5) is 0 Å². The van der Waals surface area contributed by atoms with Gasteiger partial charge in [0.1, 0.15) is 0 Å². The molecule has 1 saturated heterocycles. The van der Waals surface area contributed by atoms with Gasteiger partial charge in [0.05, 0.1) is 0 Å². The topological polar surface area (TPSA) is 3.24 Å². The average molecular weight is 222 g/mol. The van der Waals surface area contributed by atoms with E-state index < -0.39 is 0 Å². The molecule has 0 N–H and O–H groups in total. The number of hydrogen-bond donors (Lipinski definition) is 0. The van der Waals surface area contributed by atoms with Crippen LogP contribution in [0, 0.1) is 5.92 Å². The second kappa shape index (κ2) is 5.23. The standard InChI is InChI=1S/C10H17Cl2N/c1-8(5-11)6-13-4-3-10(12)9(2)7-13/h5,9-10H,3-4,6-7H2,1-2H3. The predicted molar refractivity (Wildman–Crippen MR) is 59.5 cm³/mol. The molecule has 1 aliphatic rings. The quantitative estimate of drug-likeness (QED) is 0.649. The molecule has 0 saturated carbocycles. The summed E-state index contributed by atoms with van der Waals surface area (Å²) in [6, 6.07) is 0. The Bertz CT molecular complexity index is 191. The van der Waals surface area contributed by atoms with Gasteiger partial charge < -0.3 is 0 Å². The Hall–Kier alpha value is 0.280. The van der Waals surface area contributed by atoms with Crippen molar-refractivity contribution in [2.75, 3.05) is 19.6 Å². The number of halogens is 2. The second-order valence-corrected chi connectivity index (χ2v) is 4.75. The van der Waals surface area contributed by atoms with Crippen LogP contribution in [0.3, 0.4) is 0 Å². The summed E-state index contributed by atoms with van der Waals surface area (Å²) in [5.74, 6) is 0.596. The minimum Gasteiger partial charge on any atom is -0.299 e. The van der Waals surface area contributed by atoms with Crippen molar-refractivity contribution in [2.45, 2.75) is 25.6 Å². The highest BCUT2D eigenvalue weighted by molar-refractivity contribution is 6.25. The van der Waals surface area contributed by atoms with Crippen LogP contribution in [0.25, 0.3) is 0 Å². The first-order chi connectivity index (χ1) is 6.13. The highest BCUT2D eigenvalue weighted by atomic mass is 35.5. The van der Waals surface area contributed by atoms with E-state index in [0.717, 1.165) is 26.1 Å². The van der Waals surface area contributed by atoms with E-state index in [1.54, 1.807) is 5.54 Å². The minimum absolute atomic E-state index is 0.358. The molecule has 76 valence electrons. The molecule has 0 aromatic rings. The van der Waals surface area contributed by atoms with Crippen molar-refractivity contribution in [3.8, 4) is 0 Å². The van der Waals surface area contributed by atoms with Crippen LogP contribution in [-0.2, 0) is 0 Å². The molecule has 1 rings (SSSR count). The Morgan fingerprint density at radius 3 is 2.85 bits per heavy atom. The SMILES string of the molecule is CC(=CCl)CN1CCC(Cl)C(C)C1. The van der Waals surface area contributed by atoms with Crippen molar-refractivity contribution < 1.29 is 0 Å². The van der Waals surface area contributed by atoms with Crippen LogP contribution in [0.2, 0.25) is 0 Å². The summed E-state index contributed by atoms with van der Waals surface area (Å²) >= 11 is 11.8. The van der Waals surface area contributed by atoms with E-state index in [2.05, 4.69) is 18.7 Å². The van der Waals surface area contributed by atoms with E-state index in [-0.39, 0.29) is 0 Å². The molecular weight excluding hydrogens is 205 g/mol. The molecule has 1 heterocycles. The molecule has 0 amide bonds. The maximum absolute atomic E-state index is 6.14. The van der Waals surface area contributed by atoms with E-state index in [4.69, 9.17) is 23.2 Å². The number of alkyl halides is 1. The van der Waals surface area contributed by atoms with Gasteiger partial charge in [0.2, 0.25) is 0 Å². The average Bonchev–Trinajstić information content (AvgIpc) is 2.11. The molecule has 2 atom stereocenters. The van der Waals surface area contributed by atoms with Crippen molar-refractivity contribution in [3.05, 3.63) is 11.1 Å². The van der Waals surface area contributed by atoms with E-state index in [1.165, 1.54) is 5.57 Å². The smallest absolute Gasteiger partial charge is 0.0386 e. The zero-order valence-electron chi connectivity index (χ0n) is 8.26. The van der Waals surface area contributed by atoms with Crippen molar-refractivity contribution in [3.63, 3.8) is 0 Å². The third-order valence-corrected chi connectivity index (χ3v) is 3.56. The molecule has 0 spiro atoms. The number of piperidine rings is 1. The molecule has 2 unspecified atom stereocenters. The van der Waals surface area contributed by atoms with Crippen molar-refractivity contribution in [2.24, 2.45) is 5.92 Å². The molecule has 0 radical (unpaired) electrons. The fourth-order valence-electron chi connectivity index (χ4n) is 1.73. The lowest BCUT2D eigenvalue weighted by atomic mass is 9.99. The summed E-state index contributed by atoms with van der Waals surface area (Å²) in [5.41, 5.74) is 2.89. The van der Waals surface area contributed by atoms with Crippen LogP contribution in [0.15, 0.2) is 11.1 Å². The fourth-order valence-corrected chi connectivity index (χ4v) is 1.98. The Balaban J connectivity index is 2.37. The van der Waals surface area contributed by atoms with Crippen LogP contribution >= 0.6 is 23.2 Å². The zero-order chi connectivity index (χ0) is 9.84. The molecule has 1 aliphatic heterocycles. The molecule has 1 nitrogen and oxygen atoms in total. The Morgan fingerprint density at radius 1 is 1.62 bits per heavy atom. The van der Waals surface area contributed by atoms with Crippen LogP contribution in [-0.4, -0.2) is 29.9 Å². The normalized spacial score (nSPS) is 32.2. The number of rotatable bonds is 2. The van der Waals surface area contributed by atoms with Crippen LogP contribution < -0.4 is 0 Å². The lowest BCUT2D eigenvalue weighted by molar-refractivity contribution is 0.201. The van der Waals surface area contributed by atoms with Gasteiger partial charge in [-0.1, -0.05) is 18.5 Å². The number of nitrogens with zero attached hydrogens (tertiary/aromatic N) is 1. The third kappa shape index (κ3) is 3.49. The summed E-state index contributed by atoms with van der Waals surface area (Å²) in [6.45, 7) is 7.45. The van der Waals surface area contributed by atoms with Gasteiger partial charge in [0.15, 0.2) is 0 Å². The molecule has 3 heteroatoms. The Kier molecular flexibility index (Phi) is 4.57. The molecule has 13 heavy (non-hydrogen) atoms. The summed E-state index contributed by atoms with van der Waals surface area (Å²) in [6.07, 6.45) is 1.10. The van der Waals surface area contributed by atoms with Gasteiger partial charge >= 0.3 is 0 Å². The van der Waals surface area contributed by atoms with Crippen molar-refractivity contribution >= 4 is 23.2 Å². The molecule has 0 aromatic heterocycles. The van der Waals surface area contributed by atoms with Gasteiger partial charge in [-0.3, -0.25) is 4.90 Å². The van der Waals surface area contributed by atoms with E-state index in [1.807, 2.05) is 0 Å². The summed E-state index contributed by atoms with van der Waals surface area (Å²) < 4.78 is 0. The lowest BCUT2D eigenvalue weighted by Gasteiger charge is -2.34. The van der Waals surface area contributed by atoms with Gasteiger partial charge in [-0.05, 0) is 31.4 Å². The highest BCUT2D eigenvalue weighted by Crippen LogP contribution is 2.22. The highest BCUT2D eigenvalue weighted by Gasteiger charge is 2.23. The maximum Gasteiger partial charge on any atom is 0.0386 e. The van der Waals surface area contributed by atoms with Gasteiger partial charge in [0.25, 0.3) is 0 Å². The van der Waals surface area contributed by atoms with Crippen molar-refractivity contribution in [1.29, 1.82) is 0 Å². The maximum atomic E-state index is 6.14. The van der Waals surface area contributed by atoms with E-state index in [0.29, 0.717) is 11.3 Å². The monoisotopic (exact) mass is 221 g/mol. The summed E-state index contributed by atoms with van der Waals surface area (Å²) in [5, 5.41) is 0.358. The van der Waals surface area contributed by atoms with E-state index >= 15 is 0 Å². The largest absolute Gasteiger partial charge is 0.299 e. The van der Waals surface area contributed by atoms with Gasteiger partial charge in [0, 0.05) is 24.0 Å². The zero-order valence-corrected chi connectivity index (χ0v) is 9.78. The summed E-state index contributed by atoms with van der Waals surface area (Å²) in [4.78, 5) is 2.41. The predicted octanol–water partition coefficient (Wildman–Crippen LogP) is 3.08. The fraction of sp³-hybridized carbons (Fsp3) is 0.800. The third-order valence-electron chi connectivity index (χ3n) is 2.54. The van der Waals surface area contributed by atoms with Gasteiger partial charge in [-0.15, -0.1) is 11.6 Å². The Morgan fingerprint density at radius 2 is 2.31 bits per heavy atom. The first-order valence-electron chi connectivity index (χ1n) is 4.75. The lowest BCUT2D eigenvalue weighted by Crippen LogP contribution is -2.40. The number of hydrogen-bond acceptors (Lipinski definition) is 1. The molecular formula is C10H17Cl2N. The van der Waals surface area contributed by atoms with Crippen molar-refractivity contribution in [1.82, 2.24) is 4.90 Å². The number of likely N-dealkylation sites (tertiary alicyclic amines) is 1. The van der Waals surface area contributed by atoms with Crippen LogP contribution in [0.5, 0.6) is 0 Å². The summed E-state index contributed by atoms with van der Waals surface area (Å²) in [7, 11) is 0. The first-order valence-corrected chi connectivity index (χ1v) is 5.63. The minimum atomic E-state index is 0.358. The Labute approximate surface area is 90.7 Å². The molecule has 1 fully saturated rings. The van der Waals surface area contributed by atoms with Gasteiger partial charge in [-0.25, -0.2) is 0 Å². The van der Waals surface area contributed by atoms with Crippen LogP contribution in [0.1, 0.15) is 20.3 Å².